The van der Waals surface area contributed by atoms with Gasteiger partial charge in [0.25, 0.3) is 0 Å². The van der Waals surface area contributed by atoms with Crippen molar-refractivity contribution in [2.75, 3.05) is 44.9 Å². The number of likely N-dealkylation sites (N-methyl/N-ethyl adjacent to an activating group) is 1. The molecule has 0 unspecified atom stereocenters. The Hall–Kier alpha value is -3.90. The normalized spacial score (nSPS) is 23.8. The Balaban J connectivity index is 1.40. The van der Waals surface area contributed by atoms with Crippen LogP contribution in [0.4, 0.5) is 19.0 Å². The third-order valence-electron chi connectivity index (χ3n) is 8.86. The lowest BCUT2D eigenvalue weighted by molar-refractivity contribution is 0.107. The second kappa shape index (κ2) is 10.1. The summed E-state index contributed by atoms with van der Waals surface area (Å²) < 4.78 is 57.4. The van der Waals surface area contributed by atoms with Crippen LogP contribution in [0.15, 0.2) is 30.3 Å². The lowest BCUT2D eigenvalue weighted by atomic mass is 9.95. The van der Waals surface area contributed by atoms with Crippen molar-refractivity contribution in [1.29, 1.82) is 0 Å². The van der Waals surface area contributed by atoms with E-state index in [4.69, 9.17) is 9.47 Å². The molecular formula is C30H30F3N5O4. The summed E-state index contributed by atoms with van der Waals surface area (Å²) in [4.78, 5) is 17.5. The summed E-state index contributed by atoms with van der Waals surface area (Å²) in [5.41, 5.74) is -0.594. The molecule has 0 saturated carbocycles. The Kier molecular flexibility index (Phi) is 6.50. The lowest BCUT2D eigenvalue weighted by Gasteiger charge is -2.31. The molecule has 5 heterocycles. The molecule has 3 aliphatic heterocycles. The number of phenolic OH excluding ortho intramolecular Hbond substituents is 1. The first-order valence-electron chi connectivity index (χ1n) is 14.1. The molecular weight excluding hydrogens is 551 g/mol. The molecule has 2 aromatic carbocycles. The van der Waals surface area contributed by atoms with Crippen LogP contribution in [0.3, 0.4) is 0 Å². The summed E-state index contributed by atoms with van der Waals surface area (Å²) in [6.45, 7) is 1.33. The topological polar surface area (TPSA) is 104 Å². The van der Waals surface area contributed by atoms with Crippen molar-refractivity contribution in [2.45, 2.75) is 43.4 Å². The zero-order valence-electron chi connectivity index (χ0n) is 23.0. The van der Waals surface area contributed by atoms with Gasteiger partial charge in [0, 0.05) is 32.2 Å². The number of halogens is 3. The maximum absolute atomic E-state index is 16.6. The van der Waals surface area contributed by atoms with Crippen LogP contribution >= 0.6 is 0 Å². The molecule has 0 amide bonds. The van der Waals surface area contributed by atoms with Crippen LogP contribution in [-0.2, 0) is 0 Å². The number of aromatic hydroxyl groups is 1. The average molecular weight is 582 g/mol. The van der Waals surface area contributed by atoms with E-state index in [0.29, 0.717) is 36.0 Å². The third kappa shape index (κ3) is 4.35. The summed E-state index contributed by atoms with van der Waals surface area (Å²) in [6.07, 6.45) is 1.50. The molecule has 12 heteroatoms. The van der Waals surface area contributed by atoms with Gasteiger partial charge in [-0.2, -0.15) is 9.97 Å². The van der Waals surface area contributed by atoms with E-state index in [-0.39, 0.29) is 65.7 Å². The number of hydrogen-bond acceptors (Lipinski definition) is 9. The van der Waals surface area contributed by atoms with Crippen LogP contribution in [0, 0.1) is 11.6 Å². The average Bonchev–Trinajstić information content (AvgIpc) is 3.45. The van der Waals surface area contributed by atoms with Crippen molar-refractivity contribution in [2.24, 2.45) is 0 Å². The Labute approximate surface area is 239 Å². The van der Waals surface area contributed by atoms with Crippen LogP contribution in [0.25, 0.3) is 32.9 Å². The number of phenols is 1. The fraction of sp³-hybridized carbons (Fsp3) is 0.433. The number of rotatable bonds is 6. The zero-order chi connectivity index (χ0) is 29.2. The third-order valence-corrected chi connectivity index (χ3v) is 8.86. The number of aliphatic hydroxyl groups is 1. The van der Waals surface area contributed by atoms with E-state index in [1.807, 2.05) is 0 Å². The van der Waals surface area contributed by atoms with E-state index in [1.54, 1.807) is 11.9 Å². The molecule has 2 N–H and O–H groups in total. The summed E-state index contributed by atoms with van der Waals surface area (Å²) in [6, 6.07) is 6.40. The highest BCUT2D eigenvalue weighted by Gasteiger charge is 2.49. The molecule has 220 valence electrons. The Morgan fingerprint density at radius 1 is 1.17 bits per heavy atom. The van der Waals surface area contributed by atoms with E-state index >= 15 is 4.39 Å². The van der Waals surface area contributed by atoms with Gasteiger partial charge in [0.05, 0.1) is 11.6 Å². The fourth-order valence-corrected chi connectivity index (χ4v) is 6.75. The van der Waals surface area contributed by atoms with Gasteiger partial charge in [-0.1, -0.05) is 6.07 Å². The van der Waals surface area contributed by atoms with Crippen LogP contribution in [0.2, 0.25) is 0 Å². The monoisotopic (exact) mass is 581 g/mol. The number of aliphatic hydroxyl groups excluding tert-OH is 1. The molecule has 0 spiro atoms. The molecule has 0 radical (unpaired) electrons. The zero-order valence-corrected chi connectivity index (χ0v) is 23.0. The minimum absolute atomic E-state index is 0.0692. The molecule has 4 aromatic rings. The molecule has 9 nitrogen and oxygen atoms in total. The summed E-state index contributed by atoms with van der Waals surface area (Å²) >= 11 is 0. The minimum Gasteiger partial charge on any atom is -0.508 e. The number of ether oxygens (including phenoxy) is 2. The van der Waals surface area contributed by atoms with Crippen molar-refractivity contribution in [1.82, 2.24) is 19.9 Å². The molecule has 0 bridgehead atoms. The van der Waals surface area contributed by atoms with Crippen molar-refractivity contribution in [3.63, 3.8) is 0 Å². The lowest BCUT2D eigenvalue weighted by Crippen LogP contribution is -2.43. The fourth-order valence-electron chi connectivity index (χ4n) is 6.75. The van der Waals surface area contributed by atoms with Gasteiger partial charge in [-0.25, -0.2) is 18.2 Å². The van der Waals surface area contributed by atoms with Gasteiger partial charge in [-0.15, -0.1) is 0 Å². The van der Waals surface area contributed by atoms with E-state index in [2.05, 4.69) is 19.9 Å². The van der Waals surface area contributed by atoms with Crippen molar-refractivity contribution >= 4 is 27.5 Å². The number of benzene rings is 2. The molecule has 7 rings (SSSR count). The highest BCUT2D eigenvalue weighted by molar-refractivity contribution is 6.01. The van der Waals surface area contributed by atoms with Crippen LogP contribution in [0.1, 0.15) is 25.7 Å². The van der Waals surface area contributed by atoms with Gasteiger partial charge in [0.2, 0.25) is 5.88 Å². The Morgan fingerprint density at radius 2 is 2.02 bits per heavy atom. The van der Waals surface area contributed by atoms with Gasteiger partial charge < -0.3 is 24.6 Å². The number of nitrogens with zero attached hydrogens (tertiary/aromatic N) is 5. The molecule has 3 aliphatic rings. The number of pyridine rings is 1. The second-order valence-corrected chi connectivity index (χ2v) is 11.4. The van der Waals surface area contributed by atoms with E-state index < -0.39 is 23.3 Å². The van der Waals surface area contributed by atoms with Gasteiger partial charge in [-0.05, 0) is 60.8 Å². The molecule has 3 atom stereocenters. The molecule has 2 aromatic heterocycles. The van der Waals surface area contributed by atoms with Crippen molar-refractivity contribution < 1.29 is 32.9 Å². The maximum Gasteiger partial charge on any atom is 0.319 e. The Morgan fingerprint density at radius 3 is 2.86 bits per heavy atom. The van der Waals surface area contributed by atoms with Gasteiger partial charge in [0.1, 0.15) is 53.4 Å². The summed E-state index contributed by atoms with van der Waals surface area (Å²) in [5.74, 6) is -1.10. The number of fused-ring (bicyclic) bond motifs is 2. The van der Waals surface area contributed by atoms with Crippen LogP contribution in [0.5, 0.6) is 17.6 Å². The van der Waals surface area contributed by atoms with Crippen LogP contribution < -0.4 is 14.4 Å². The Bertz CT molecular complexity index is 1710. The first-order valence-corrected chi connectivity index (χ1v) is 14.1. The molecule has 2 saturated heterocycles. The largest absolute Gasteiger partial charge is 0.508 e. The predicted octanol–water partition coefficient (Wildman–Crippen LogP) is 4.36. The first-order chi connectivity index (χ1) is 20.3. The highest BCUT2D eigenvalue weighted by Crippen LogP contribution is 2.43. The minimum atomic E-state index is -0.936. The SMILES string of the molecule is CN1c2nc(OC[C@@]34CCCN3C[C@H](F)C4)nc3c(F)c(-c4cc(O)cc5ccc(F)cc45)nc(c23)OC[C@@H]1CCO. The second-order valence-electron chi connectivity index (χ2n) is 11.4. The van der Waals surface area contributed by atoms with Gasteiger partial charge >= 0.3 is 6.01 Å². The first kappa shape index (κ1) is 27.0. The summed E-state index contributed by atoms with van der Waals surface area (Å²) in [7, 11) is 1.77. The van der Waals surface area contributed by atoms with E-state index in [1.165, 1.54) is 30.3 Å². The highest BCUT2D eigenvalue weighted by atomic mass is 19.1. The van der Waals surface area contributed by atoms with Crippen LogP contribution in [-0.4, -0.2) is 87.8 Å². The molecule has 42 heavy (non-hydrogen) atoms. The quantitative estimate of drug-likeness (QED) is 0.344. The molecule has 0 aliphatic carbocycles. The van der Waals surface area contributed by atoms with E-state index in [0.717, 1.165) is 19.4 Å². The van der Waals surface area contributed by atoms with Crippen molar-refractivity contribution in [3.05, 3.63) is 42.0 Å². The van der Waals surface area contributed by atoms with Gasteiger partial charge in [0.15, 0.2) is 5.82 Å². The number of alkyl halides is 1. The van der Waals surface area contributed by atoms with E-state index in [9.17, 15) is 19.0 Å². The summed E-state index contributed by atoms with van der Waals surface area (Å²) in [5, 5.41) is 21.2. The van der Waals surface area contributed by atoms with Crippen molar-refractivity contribution in [3.8, 4) is 28.9 Å². The number of aromatic nitrogens is 3. The molecule has 2 fully saturated rings. The van der Waals surface area contributed by atoms with Gasteiger partial charge in [-0.3, -0.25) is 4.90 Å². The number of hydrogen-bond donors (Lipinski definition) is 2. The smallest absolute Gasteiger partial charge is 0.319 e. The predicted molar refractivity (Wildman–Crippen MR) is 150 cm³/mol. The standard InChI is InChI=1S/C30H30F3N5O4/c1-37-19(5-8-39)14-41-28-23-26(24(33)25(34-28)22-11-20(40)9-16-3-4-17(31)10-21(16)22)35-29(36-27(23)37)42-15-30-6-2-7-38(30)13-18(32)12-30/h3-4,9-11,18-19,39-40H,2,5-8,12-15H2,1H3/t18-,19+,30+/m1/s1. The maximum atomic E-state index is 16.6. The number of anilines is 1.